The highest BCUT2D eigenvalue weighted by Gasteiger charge is 2.30. The van der Waals surface area contributed by atoms with Gasteiger partial charge < -0.3 is 4.74 Å². The number of hydrogen-bond acceptors (Lipinski definition) is 2. The van der Waals surface area contributed by atoms with Crippen molar-refractivity contribution in [2.24, 2.45) is 0 Å². The fraction of sp³-hybridized carbons (Fsp3) is 0.364. The first-order valence-electron chi connectivity index (χ1n) is 4.58. The van der Waals surface area contributed by atoms with Gasteiger partial charge in [0.1, 0.15) is 12.2 Å². The lowest BCUT2D eigenvalue weighted by Gasteiger charge is -2.13. The molecule has 0 unspecified atom stereocenters. The van der Waals surface area contributed by atoms with E-state index in [1.807, 2.05) is 6.92 Å². The van der Waals surface area contributed by atoms with Gasteiger partial charge in [0.05, 0.1) is 12.7 Å². The van der Waals surface area contributed by atoms with E-state index in [-0.39, 0.29) is 5.56 Å². The van der Waals surface area contributed by atoms with Crippen molar-refractivity contribution in [1.29, 1.82) is 5.26 Å². The van der Waals surface area contributed by atoms with Gasteiger partial charge in [0.15, 0.2) is 0 Å². The third kappa shape index (κ3) is 2.91. The van der Waals surface area contributed by atoms with Gasteiger partial charge in [-0.25, -0.2) is 8.78 Å². The summed E-state index contributed by atoms with van der Waals surface area (Å²) in [7, 11) is 0. The number of benzene rings is 1. The molecule has 80 valence electrons. The summed E-state index contributed by atoms with van der Waals surface area (Å²) in [5.74, 6) is -2.53. The highest BCUT2D eigenvalue weighted by molar-refractivity contribution is 5.30. The van der Waals surface area contributed by atoms with Crippen LogP contribution in [0.15, 0.2) is 24.3 Å². The Morgan fingerprint density at radius 3 is 2.40 bits per heavy atom. The van der Waals surface area contributed by atoms with Crippen molar-refractivity contribution in [3.63, 3.8) is 0 Å². The molecule has 0 aliphatic rings. The quantitative estimate of drug-likeness (QED) is 0.766. The van der Waals surface area contributed by atoms with Gasteiger partial charge in [-0.15, -0.1) is 0 Å². The van der Waals surface area contributed by atoms with Crippen LogP contribution >= 0.6 is 0 Å². The maximum absolute atomic E-state index is 13.2. The van der Waals surface area contributed by atoms with E-state index in [0.717, 1.165) is 0 Å². The lowest BCUT2D eigenvalue weighted by Crippen LogP contribution is -2.11. The van der Waals surface area contributed by atoms with E-state index < -0.39 is 12.3 Å². The van der Waals surface area contributed by atoms with Crippen molar-refractivity contribution in [3.05, 3.63) is 29.8 Å². The molecular weight excluding hydrogens is 200 g/mol. The van der Waals surface area contributed by atoms with Crippen LogP contribution in [-0.2, 0) is 5.92 Å². The first-order valence-corrected chi connectivity index (χ1v) is 4.58. The number of ether oxygens (including phenoxy) is 1. The minimum absolute atomic E-state index is 0.160. The largest absolute Gasteiger partial charge is 0.494 e. The average Bonchev–Trinajstić information content (AvgIpc) is 2.19. The smallest absolute Gasteiger partial charge is 0.286 e. The van der Waals surface area contributed by atoms with Crippen molar-refractivity contribution in [3.8, 4) is 11.8 Å². The van der Waals surface area contributed by atoms with Crippen molar-refractivity contribution < 1.29 is 13.5 Å². The Labute approximate surface area is 87.1 Å². The van der Waals surface area contributed by atoms with Gasteiger partial charge >= 0.3 is 0 Å². The second-order valence-corrected chi connectivity index (χ2v) is 3.00. The van der Waals surface area contributed by atoms with Crippen LogP contribution in [0.1, 0.15) is 18.9 Å². The Kier molecular flexibility index (Phi) is 3.62. The Balaban J connectivity index is 2.84. The zero-order valence-electron chi connectivity index (χ0n) is 8.34. The number of nitriles is 1. The summed E-state index contributed by atoms with van der Waals surface area (Å²) in [6, 6.07) is 6.98. The average molecular weight is 211 g/mol. The molecule has 0 aliphatic heterocycles. The molecule has 0 heterocycles. The topological polar surface area (TPSA) is 33.0 Å². The first kappa shape index (κ1) is 11.4. The van der Waals surface area contributed by atoms with Crippen LogP contribution in [0.3, 0.4) is 0 Å². The highest BCUT2D eigenvalue weighted by Crippen LogP contribution is 2.32. The number of hydrogen-bond donors (Lipinski definition) is 0. The lowest BCUT2D eigenvalue weighted by atomic mass is 10.1. The normalized spacial score (nSPS) is 10.8. The fourth-order valence-electron chi connectivity index (χ4n) is 1.16. The minimum Gasteiger partial charge on any atom is -0.494 e. The van der Waals surface area contributed by atoms with E-state index in [9.17, 15) is 8.78 Å². The summed E-state index contributed by atoms with van der Waals surface area (Å²) in [6.45, 7) is 2.31. The summed E-state index contributed by atoms with van der Waals surface area (Å²) < 4.78 is 31.5. The standard InChI is InChI=1S/C11H11F2NO/c1-2-15-10-5-3-9(4-6-10)11(12,13)7-8-14/h3-6H,2,7H2,1H3. The Bertz CT molecular complexity index is 354. The second kappa shape index (κ2) is 4.74. The SMILES string of the molecule is CCOc1ccc(C(F)(F)CC#N)cc1. The molecule has 0 aromatic heterocycles. The lowest BCUT2D eigenvalue weighted by molar-refractivity contribution is 0.000913. The van der Waals surface area contributed by atoms with Gasteiger partial charge in [-0.3, -0.25) is 0 Å². The molecule has 1 rings (SSSR count). The molecular formula is C11H11F2NO. The molecule has 2 nitrogen and oxygen atoms in total. The number of alkyl halides is 2. The third-order valence-corrected chi connectivity index (χ3v) is 1.89. The van der Waals surface area contributed by atoms with Gasteiger partial charge in [0.25, 0.3) is 5.92 Å². The number of nitrogens with zero attached hydrogens (tertiary/aromatic N) is 1. The van der Waals surface area contributed by atoms with Gasteiger partial charge in [0, 0.05) is 5.56 Å². The molecule has 0 saturated heterocycles. The minimum atomic E-state index is -3.08. The molecule has 0 bridgehead atoms. The van der Waals surface area contributed by atoms with Gasteiger partial charge in [-0.05, 0) is 31.2 Å². The maximum atomic E-state index is 13.2. The molecule has 1 aromatic carbocycles. The summed E-state index contributed by atoms with van der Waals surface area (Å²) in [4.78, 5) is 0. The van der Waals surface area contributed by atoms with Crippen LogP contribution in [0, 0.1) is 11.3 Å². The van der Waals surface area contributed by atoms with Gasteiger partial charge in [0.2, 0.25) is 0 Å². The van der Waals surface area contributed by atoms with Crippen LogP contribution in [-0.4, -0.2) is 6.61 Å². The molecule has 0 radical (unpaired) electrons. The molecule has 0 fully saturated rings. The molecule has 4 heteroatoms. The zero-order chi connectivity index (χ0) is 11.3. The summed E-state index contributed by atoms with van der Waals surface area (Å²) in [6.07, 6.45) is -0.805. The molecule has 0 atom stereocenters. The van der Waals surface area contributed by atoms with Gasteiger partial charge in [-0.1, -0.05) is 0 Å². The van der Waals surface area contributed by atoms with Crippen molar-refractivity contribution in [2.45, 2.75) is 19.3 Å². The predicted molar refractivity (Wildman–Crippen MR) is 51.7 cm³/mol. The van der Waals surface area contributed by atoms with E-state index in [2.05, 4.69) is 0 Å². The third-order valence-electron chi connectivity index (χ3n) is 1.89. The van der Waals surface area contributed by atoms with E-state index >= 15 is 0 Å². The van der Waals surface area contributed by atoms with Crippen LogP contribution in [0.4, 0.5) is 8.78 Å². The highest BCUT2D eigenvalue weighted by atomic mass is 19.3. The summed E-state index contributed by atoms with van der Waals surface area (Å²) >= 11 is 0. The van der Waals surface area contributed by atoms with Crippen molar-refractivity contribution in [2.75, 3.05) is 6.61 Å². The summed E-state index contributed by atoms with van der Waals surface area (Å²) in [5.41, 5.74) is -0.160. The van der Waals surface area contributed by atoms with Crippen molar-refractivity contribution >= 4 is 0 Å². The van der Waals surface area contributed by atoms with Crippen LogP contribution in [0.2, 0.25) is 0 Å². The van der Waals surface area contributed by atoms with E-state index in [0.29, 0.717) is 12.4 Å². The molecule has 0 saturated carbocycles. The van der Waals surface area contributed by atoms with Gasteiger partial charge in [-0.2, -0.15) is 5.26 Å². The maximum Gasteiger partial charge on any atom is 0.286 e. The molecule has 1 aromatic rings. The Hall–Kier alpha value is -1.63. The molecule has 0 aliphatic carbocycles. The molecule has 0 amide bonds. The van der Waals surface area contributed by atoms with E-state index in [1.165, 1.54) is 30.3 Å². The number of halogens is 2. The molecule has 0 N–H and O–H groups in total. The zero-order valence-corrected chi connectivity index (χ0v) is 8.34. The monoisotopic (exact) mass is 211 g/mol. The molecule has 15 heavy (non-hydrogen) atoms. The number of rotatable bonds is 4. The van der Waals surface area contributed by atoms with E-state index in [4.69, 9.17) is 10.00 Å². The summed E-state index contributed by atoms with van der Waals surface area (Å²) in [5, 5.41) is 8.25. The predicted octanol–water partition coefficient (Wildman–Crippen LogP) is 3.09. The van der Waals surface area contributed by atoms with Crippen LogP contribution < -0.4 is 4.74 Å². The fourth-order valence-corrected chi connectivity index (χ4v) is 1.16. The van der Waals surface area contributed by atoms with Crippen molar-refractivity contribution in [1.82, 2.24) is 0 Å². The van der Waals surface area contributed by atoms with E-state index in [1.54, 1.807) is 0 Å². The first-order chi connectivity index (χ1) is 7.10. The van der Waals surface area contributed by atoms with Crippen LogP contribution in [0.5, 0.6) is 5.75 Å². The molecule has 0 spiro atoms. The second-order valence-electron chi connectivity index (χ2n) is 3.00. The Morgan fingerprint density at radius 1 is 1.33 bits per heavy atom. The Morgan fingerprint density at radius 2 is 1.93 bits per heavy atom. The van der Waals surface area contributed by atoms with Crippen LogP contribution in [0.25, 0.3) is 0 Å².